The van der Waals surface area contributed by atoms with Gasteiger partial charge in [-0.15, -0.1) is 11.8 Å². The molecular formula is C17H21NO4S. The third-order valence-corrected chi connectivity index (χ3v) is 4.05. The maximum absolute atomic E-state index is 12.3. The predicted molar refractivity (Wildman–Crippen MR) is 90.9 cm³/mol. The van der Waals surface area contributed by atoms with E-state index in [-0.39, 0.29) is 5.97 Å². The van der Waals surface area contributed by atoms with E-state index in [4.69, 9.17) is 4.74 Å². The minimum Gasteiger partial charge on any atom is -0.469 e. The minimum atomic E-state index is -0.541. The van der Waals surface area contributed by atoms with E-state index < -0.39 is 11.7 Å². The van der Waals surface area contributed by atoms with Crippen molar-refractivity contribution in [2.24, 2.45) is 0 Å². The van der Waals surface area contributed by atoms with Crippen LogP contribution in [0.5, 0.6) is 0 Å². The molecule has 1 aromatic carbocycles. The van der Waals surface area contributed by atoms with Gasteiger partial charge in [-0.2, -0.15) is 0 Å². The lowest BCUT2D eigenvalue weighted by Gasteiger charge is -2.19. The Morgan fingerprint density at radius 2 is 1.96 bits per heavy atom. The van der Waals surface area contributed by atoms with E-state index in [1.165, 1.54) is 11.7 Å². The number of nitrogens with zero attached hydrogens (tertiary/aromatic N) is 1. The largest absolute Gasteiger partial charge is 0.469 e. The number of ether oxygens (including phenoxy) is 2. The Hall–Kier alpha value is -1.95. The normalized spacial score (nSPS) is 11.5. The van der Waals surface area contributed by atoms with Crippen molar-refractivity contribution < 1.29 is 19.1 Å². The highest BCUT2D eigenvalue weighted by Gasteiger charge is 2.19. The first-order valence-electron chi connectivity index (χ1n) is 7.34. The fourth-order valence-electron chi connectivity index (χ4n) is 2.02. The molecule has 0 aliphatic rings. The van der Waals surface area contributed by atoms with Crippen molar-refractivity contribution in [3.63, 3.8) is 0 Å². The molecule has 0 N–H and O–H groups in total. The molecule has 6 heteroatoms. The van der Waals surface area contributed by atoms with Gasteiger partial charge in [-0.3, -0.25) is 9.36 Å². The number of benzene rings is 1. The lowest BCUT2D eigenvalue weighted by atomic mass is 10.2. The molecule has 0 aliphatic carbocycles. The van der Waals surface area contributed by atoms with Crippen molar-refractivity contribution in [1.82, 2.24) is 4.57 Å². The minimum absolute atomic E-state index is 0.226. The average Bonchev–Trinajstić information content (AvgIpc) is 2.88. The molecule has 0 saturated heterocycles. The van der Waals surface area contributed by atoms with Gasteiger partial charge in [-0.1, -0.05) is 6.07 Å². The summed E-state index contributed by atoms with van der Waals surface area (Å²) >= 11 is 1.55. The Labute approximate surface area is 139 Å². The summed E-state index contributed by atoms with van der Waals surface area (Å²) in [7, 11) is 1.38. The molecule has 0 fully saturated rings. The standard InChI is InChI=1S/C17H21NO4S/c1-17(2,3)22-16(20)18-9-7-12-5-6-13(11-14(12)18)23-10-8-15(19)21-4/h5-7,9,11H,8,10H2,1-4H3. The zero-order valence-corrected chi connectivity index (χ0v) is 14.6. The summed E-state index contributed by atoms with van der Waals surface area (Å²) in [5, 5.41) is 0.966. The predicted octanol–water partition coefficient (Wildman–Crippen LogP) is 4.08. The van der Waals surface area contributed by atoms with Crippen molar-refractivity contribution in [2.75, 3.05) is 12.9 Å². The summed E-state index contributed by atoms with van der Waals surface area (Å²) < 4.78 is 11.5. The maximum atomic E-state index is 12.3. The molecule has 0 spiro atoms. The van der Waals surface area contributed by atoms with Crippen molar-refractivity contribution >= 4 is 34.7 Å². The van der Waals surface area contributed by atoms with Gasteiger partial charge in [0.15, 0.2) is 0 Å². The summed E-state index contributed by atoms with van der Waals surface area (Å²) in [6.07, 6.45) is 1.66. The van der Waals surface area contributed by atoms with E-state index in [0.717, 1.165) is 15.8 Å². The van der Waals surface area contributed by atoms with Crippen LogP contribution in [0, 0.1) is 0 Å². The molecule has 0 atom stereocenters. The monoisotopic (exact) mass is 335 g/mol. The van der Waals surface area contributed by atoms with Gasteiger partial charge in [0.25, 0.3) is 0 Å². The highest BCUT2D eigenvalue weighted by Crippen LogP contribution is 2.25. The molecule has 1 heterocycles. The van der Waals surface area contributed by atoms with E-state index >= 15 is 0 Å². The van der Waals surface area contributed by atoms with Gasteiger partial charge in [0, 0.05) is 22.2 Å². The van der Waals surface area contributed by atoms with Crippen LogP contribution in [-0.4, -0.2) is 35.1 Å². The molecule has 124 valence electrons. The summed E-state index contributed by atoms with van der Waals surface area (Å²) in [4.78, 5) is 24.4. The van der Waals surface area contributed by atoms with Crippen LogP contribution < -0.4 is 0 Å². The first-order valence-corrected chi connectivity index (χ1v) is 8.33. The molecule has 0 aliphatic heterocycles. The van der Waals surface area contributed by atoms with Crippen LogP contribution in [0.15, 0.2) is 35.4 Å². The van der Waals surface area contributed by atoms with Gasteiger partial charge < -0.3 is 9.47 Å². The lowest BCUT2D eigenvalue weighted by molar-refractivity contribution is -0.140. The van der Waals surface area contributed by atoms with E-state index in [1.54, 1.807) is 18.0 Å². The van der Waals surface area contributed by atoms with Gasteiger partial charge in [0.1, 0.15) is 5.60 Å². The van der Waals surface area contributed by atoms with Crippen molar-refractivity contribution in [1.29, 1.82) is 0 Å². The van der Waals surface area contributed by atoms with Crippen molar-refractivity contribution in [3.8, 4) is 0 Å². The number of rotatable bonds is 4. The molecule has 1 aromatic heterocycles. The number of carbonyl (C=O) groups excluding carboxylic acids is 2. The summed E-state index contributed by atoms with van der Waals surface area (Å²) in [6.45, 7) is 5.51. The van der Waals surface area contributed by atoms with Crippen LogP contribution in [-0.2, 0) is 14.3 Å². The van der Waals surface area contributed by atoms with E-state index in [9.17, 15) is 9.59 Å². The number of aromatic nitrogens is 1. The molecule has 0 bridgehead atoms. The first kappa shape index (κ1) is 17.4. The van der Waals surface area contributed by atoms with Gasteiger partial charge in [-0.05, 0) is 39.0 Å². The van der Waals surface area contributed by atoms with Gasteiger partial charge in [0.05, 0.1) is 19.0 Å². The highest BCUT2D eigenvalue weighted by molar-refractivity contribution is 7.99. The molecule has 0 saturated carbocycles. The van der Waals surface area contributed by atoms with Crippen LogP contribution in [0.25, 0.3) is 10.9 Å². The average molecular weight is 335 g/mol. The summed E-state index contributed by atoms with van der Waals surface area (Å²) in [5.74, 6) is 0.404. The smallest absolute Gasteiger partial charge is 0.418 e. The SMILES string of the molecule is COC(=O)CCSc1ccc2ccn(C(=O)OC(C)(C)C)c2c1. The Bertz CT molecular complexity index is 715. The second kappa shape index (κ2) is 7.08. The third-order valence-electron chi connectivity index (χ3n) is 3.06. The Kier molecular flexibility index (Phi) is 5.36. The number of esters is 1. The Morgan fingerprint density at radius 3 is 2.61 bits per heavy atom. The molecule has 0 unspecified atom stereocenters. The fraction of sp³-hybridized carbons (Fsp3) is 0.412. The van der Waals surface area contributed by atoms with E-state index in [1.807, 2.05) is 45.0 Å². The zero-order valence-electron chi connectivity index (χ0n) is 13.8. The second-order valence-corrected chi connectivity index (χ2v) is 7.23. The van der Waals surface area contributed by atoms with Crippen LogP contribution >= 0.6 is 11.8 Å². The fourth-order valence-corrected chi connectivity index (χ4v) is 2.89. The van der Waals surface area contributed by atoms with Crippen LogP contribution in [0.1, 0.15) is 27.2 Å². The van der Waals surface area contributed by atoms with Crippen LogP contribution in [0.4, 0.5) is 4.79 Å². The molecular weight excluding hydrogens is 314 g/mol. The molecule has 0 radical (unpaired) electrons. The number of methoxy groups -OCH3 is 1. The Morgan fingerprint density at radius 1 is 1.22 bits per heavy atom. The maximum Gasteiger partial charge on any atom is 0.418 e. The lowest BCUT2D eigenvalue weighted by Crippen LogP contribution is -2.26. The number of thioether (sulfide) groups is 1. The number of fused-ring (bicyclic) bond motifs is 1. The highest BCUT2D eigenvalue weighted by atomic mass is 32.2. The number of carbonyl (C=O) groups is 2. The topological polar surface area (TPSA) is 57.5 Å². The van der Waals surface area contributed by atoms with E-state index in [0.29, 0.717) is 12.2 Å². The zero-order chi connectivity index (χ0) is 17.0. The summed E-state index contributed by atoms with van der Waals surface area (Å²) in [5.41, 5.74) is 0.253. The van der Waals surface area contributed by atoms with E-state index in [2.05, 4.69) is 4.74 Å². The number of hydrogen-bond acceptors (Lipinski definition) is 5. The van der Waals surface area contributed by atoms with Crippen LogP contribution in [0.2, 0.25) is 0 Å². The number of hydrogen-bond donors (Lipinski definition) is 0. The first-order chi connectivity index (χ1) is 10.8. The van der Waals surface area contributed by atoms with Gasteiger partial charge in [0.2, 0.25) is 0 Å². The molecule has 5 nitrogen and oxygen atoms in total. The molecule has 23 heavy (non-hydrogen) atoms. The molecule has 2 rings (SSSR count). The Balaban J connectivity index is 2.16. The van der Waals surface area contributed by atoms with Crippen molar-refractivity contribution in [3.05, 3.63) is 30.5 Å². The van der Waals surface area contributed by atoms with Crippen LogP contribution in [0.3, 0.4) is 0 Å². The third kappa shape index (κ3) is 4.76. The van der Waals surface area contributed by atoms with Gasteiger partial charge in [-0.25, -0.2) is 4.79 Å². The van der Waals surface area contributed by atoms with Gasteiger partial charge >= 0.3 is 12.1 Å². The second-order valence-electron chi connectivity index (χ2n) is 6.06. The molecule has 0 amide bonds. The molecule has 2 aromatic rings. The summed E-state index contributed by atoms with van der Waals surface area (Å²) in [6, 6.07) is 7.74. The quantitative estimate of drug-likeness (QED) is 0.622. The van der Waals surface area contributed by atoms with Crippen molar-refractivity contribution in [2.45, 2.75) is 37.7 Å².